The number of fused-ring (bicyclic) bond motifs is 1. The lowest BCUT2D eigenvalue weighted by Gasteiger charge is -2.22. The fourth-order valence-corrected chi connectivity index (χ4v) is 4.20. The Hall–Kier alpha value is -0.450. The van der Waals surface area contributed by atoms with Gasteiger partial charge in [0.25, 0.3) is 0 Å². The molecule has 0 amide bonds. The van der Waals surface area contributed by atoms with Crippen LogP contribution in [0.4, 0.5) is 0 Å². The maximum absolute atomic E-state index is 4.66. The molecule has 1 aromatic rings. The Balaban J connectivity index is 1.70. The van der Waals surface area contributed by atoms with Gasteiger partial charge in [-0.25, -0.2) is 4.98 Å². The summed E-state index contributed by atoms with van der Waals surface area (Å²) in [5, 5.41) is 4.80. The second-order valence-corrected chi connectivity index (χ2v) is 6.79. The van der Waals surface area contributed by atoms with Gasteiger partial charge >= 0.3 is 0 Å². The Morgan fingerprint density at radius 2 is 2.24 bits per heavy atom. The van der Waals surface area contributed by atoms with E-state index < -0.39 is 0 Å². The molecule has 3 rings (SSSR count). The van der Waals surface area contributed by atoms with Crippen molar-refractivity contribution in [1.29, 1.82) is 0 Å². The van der Waals surface area contributed by atoms with Crippen molar-refractivity contribution in [3.8, 4) is 0 Å². The van der Waals surface area contributed by atoms with Crippen LogP contribution in [0.5, 0.6) is 0 Å². The molecule has 2 aliphatic heterocycles. The average molecular weight is 251 g/mol. The number of nitrogens with one attached hydrogen (secondary N) is 1. The van der Waals surface area contributed by atoms with Crippen LogP contribution in [-0.2, 0) is 6.54 Å². The number of rotatable bonds is 2. The standard InChI is InChI=1S/C13H21N3S/c1-8-10(3)17-13(15-8)7-16-6-11-4-14-5-12(11)9(16)2/h9,11-12,14H,4-7H2,1-3H3. The number of hydrogen-bond donors (Lipinski definition) is 1. The number of thiazole rings is 1. The Bertz CT molecular complexity index is 395. The third kappa shape index (κ3) is 2.02. The molecule has 2 aliphatic rings. The molecule has 2 fully saturated rings. The number of nitrogens with zero attached hydrogens (tertiary/aromatic N) is 2. The average Bonchev–Trinajstić information content (AvgIpc) is 2.91. The molecule has 0 spiro atoms. The van der Waals surface area contributed by atoms with E-state index in [1.54, 1.807) is 0 Å². The third-order valence-corrected chi connectivity index (χ3v) is 5.53. The van der Waals surface area contributed by atoms with Crippen molar-refractivity contribution in [1.82, 2.24) is 15.2 Å². The maximum Gasteiger partial charge on any atom is 0.107 e. The van der Waals surface area contributed by atoms with Gasteiger partial charge in [-0.2, -0.15) is 0 Å². The lowest BCUT2D eigenvalue weighted by molar-refractivity contribution is 0.231. The first-order valence-electron chi connectivity index (χ1n) is 6.53. The molecule has 0 aliphatic carbocycles. The maximum atomic E-state index is 4.66. The van der Waals surface area contributed by atoms with Crippen LogP contribution >= 0.6 is 11.3 Å². The van der Waals surface area contributed by atoms with E-state index in [1.807, 2.05) is 11.3 Å². The minimum atomic E-state index is 0.708. The summed E-state index contributed by atoms with van der Waals surface area (Å²) in [6, 6.07) is 0.708. The van der Waals surface area contributed by atoms with Crippen LogP contribution in [0, 0.1) is 25.7 Å². The highest BCUT2D eigenvalue weighted by Gasteiger charge is 2.41. The first-order chi connectivity index (χ1) is 8.15. The van der Waals surface area contributed by atoms with Crippen LogP contribution in [0.25, 0.3) is 0 Å². The molecule has 0 aromatic carbocycles. The molecule has 0 bridgehead atoms. The Morgan fingerprint density at radius 3 is 2.88 bits per heavy atom. The molecular weight excluding hydrogens is 230 g/mol. The van der Waals surface area contributed by atoms with Gasteiger partial charge in [0.15, 0.2) is 0 Å². The van der Waals surface area contributed by atoms with Crippen molar-refractivity contribution >= 4 is 11.3 Å². The molecule has 94 valence electrons. The topological polar surface area (TPSA) is 28.2 Å². The van der Waals surface area contributed by atoms with Gasteiger partial charge in [-0.1, -0.05) is 0 Å². The highest BCUT2D eigenvalue weighted by molar-refractivity contribution is 7.11. The van der Waals surface area contributed by atoms with Gasteiger partial charge in [0, 0.05) is 17.5 Å². The predicted molar refractivity (Wildman–Crippen MR) is 71.3 cm³/mol. The largest absolute Gasteiger partial charge is 0.316 e. The monoisotopic (exact) mass is 251 g/mol. The SMILES string of the molecule is Cc1nc(CN2CC3CNCC3C2C)sc1C. The minimum Gasteiger partial charge on any atom is -0.316 e. The van der Waals surface area contributed by atoms with E-state index in [1.165, 1.54) is 35.2 Å². The molecule has 1 aromatic heterocycles. The summed E-state index contributed by atoms with van der Waals surface area (Å²) < 4.78 is 0. The molecule has 3 nitrogen and oxygen atoms in total. The zero-order valence-corrected chi connectivity index (χ0v) is 11.7. The van der Waals surface area contributed by atoms with Gasteiger partial charge in [-0.3, -0.25) is 4.90 Å². The number of aryl methyl sites for hydroxylation is 2. The molecule has 3 heterocycles. The van der Waals surface area contributed by atoms with Crippen molar-refractivity contribution < 1.29 is 0 Å². The third-order valence-electron chi connectivity index (χ3n) is 4.47. The van der Waals surface area contributed by atoms with Gasteiger partial charge in [-0.05, 0) is 45.7 Å². The Morgan fingerprint density at radius 1 is 1.41 bits per heavy atom. The molecule has 3 atom stereocenters. The second kappa shape index (κ2) is 4.34. The van der Waals surface area contributed by atoms with E-state index in [4.69, 9.17) is 0 Å². The van der Waals surface area contributed by atoms with Gasteiger partial charge < -0.3 is 5.32 Å². The van der Waals surface area contributed by atoms with Crippen molar-refractivity contribution in [2.24, 2.45) is 11.8 Å². The zero-order chi connectivity index (χ0) is 12.0. The van der Waals surface area contributed by atoms with E-state index in [2.05, 4.69) is 36.0 Å². The van der Waals surface area contributed by atoms with E-state index in [9.17, 15) is 0 Å². The fraction of sp³-hybridized carbons (Fsp3) is 0.769. The van der Waals surface area contributed by atoms with Gasteiger partial charge in [-0.15, -0.1) is 11.3 Å². The van der Waals surface area contributed by atoms with Crippen LogP contribution in [0.1, 0.15) is 22.5 Å². The van der Waals surface area contributed by atoms with Crippen molar-refractivity contribution in [3.05, 3.63) is 15.6 Å². The lowest BCUT2D eigenvalue weighted by atomic mass is 9.95. The second-order valence-electron chi connectivity index (χ2n) is 5.50. The number of likely N-dealkylation sites (tertiary alicyclic amines) is 1. The van der Waals surface area contributed by atoms with Crippen molar-refractivity contribution in [2.75, 3.05) is 19.6 Å². The van der Waals surface area contributed by atoms with Gasteiger partial charge in [0.05, 0.1) is 12.2 Å². The Labute approximate surface area is 107 Å². The van der Waals surface area contributed by atoms with E-state index in [0.29, 0.717) is 6.04 Å². The number of aromatic nitrogens is 1. The van der Waals surface area contributed by atoms with E-state index in [-0.39, 0.29) is 0 Å². The smallest absolute Gasteiger partial charge is 0.107 e. The molecule has 0 radical (unpaired) electrons. The highest BCUT2D eigenvalue weighted by atomic mass is 32.1. The van der Waals surface area contributed by atoms with Crippen molar-refractivity contribution in [3.63, 3.8) is 0 Å². The number of hydrogen-bond acceptors (Lipinski definition) is 4. The summed E-state index contributed by atoms with van der Waals surface area (Å²) in [5.41, 5.74) is 1.21. The van der Waals surface area contributed by atoms with Gasteiger partial charge in [0.1, 0.15) is 5.01 Å². The summed E-state index contributed by atoms with van der Waals surface area (Å²) in [7, 11) is 0. The lowest BCUT2D eigenvalue weighted by Crippen LogP contribution is -2.32. The van der Waals surface area contributed by atoms with Crippen LogP contribution in [0.3, 0.4) is 0 Å². The first-order valence-corrected chi connectivity index (χ1v) is 7.34. The molecule has 2 saturated heterocycles. The summed E-state index contributed by atoms with van der Waals surface area (Å²) in [6.07, 6.45) is 0. The normalized spacial score (nSPS) is 33.2. The molecule has 3 unspecified atom stereocenters. The molecule has 17 heavy (non-hydrogen) atoms. The van der Waals surface area contributed by atoms with Gasteiger partial charge in [0.2, 0.25) is 0 Å². The van der Waals surface area contributed by atoms with E-state index >= 15 is 0 Å². The molecule has 0 saturated carbocycles. The molecule has 1 N–H and O–H groups in total. The van der Waals surface area contributed by atoms with Crippen LogP contribution < -0.4 is 5.32 Å². The first kappa shape index (κ1) is 11.6. The zero-order valence-electron chi connectivity index (χ0n) is 10.9. The van der Waals surface area contributed by atoms with Crippen LogP contribution in [0.2, 0.25) is 0 Å². The Kier molecular flexibility index (Phi) is 2.97. The highest BCUT2D eigenvalue weighted by Crippen LogP contribution is 2.33. The van der Waals surface area contributed by atoms with E-state index in [0.717, 1.165) is 18.4 Å². The molecular formula is C13H21N3S. The quantitative estimate of drug-likeness (QED) is 0.869. The summed E-state index contributed by atoms with van der Waals surface area (Å²) in [4.78, 5) is 8.65. The molecule has 4 heteroatoms. The summed E-state index contributed by atoms with van der Waals surface area (Å²) >= 11 is 1.86. The summed E-state index contributed by atoms with van der Waals surface area (Å²) in [5.74, 6) is 1.73. The van der Waals surface area contributed by atoms with Crippen molar-refractivity contribution in [2.45, 2.75) is 33.4 Å². The predicted octanol–water partition coefficient (Wildman–Crippen LogP) is 1.80. The summed E-state index contributed by atoms with van der Waals surface area (Å²) in [6.45, 7) is 11.4. The van der Waals surface area contributed by atoms with Crippen LogP contribution in [-0.4, -0.2) is 35.6 Å². The van der Waals surface area contributed by atoms with Crippen LogP contribution in [0.15, 0.2) is 0 Å². The fourth-order valence-electron chi connectivity index (χ4n) is 3.25. The minimum absolute atomic E-state index is 0.708.